The van der Waals surface area contributed by atoms with Gasteiger partial charge in [0.25, 0.3) is 0 Å². The molecule has 4 heterocycles. The van der Waals surface area contributed by atoms with Gasteiger partial charge in [0.1, 0.15) is 5.65 Å². The molecule has 0 atom stereocenters. The number of para-hydroxylation sites is 2. The maximum atomic E-state index is 2.66. The van der Waals surface area contributed by atoms with E-state index < -0.39 is 0 Å². The summed E-state index contributed by atoms with van der Waals surface area (Å²) in [6, 6.07) is 40.5. The highest BCUT2D eigenvalue weighted by Crippen LogP contribution is 2.55. The monoisotopic (exact) mass is 525 g/mol. The summed E-state index contributed by atoms with van der Waals surface area (Å²) in [7, 11) is 2.22. The van der Waals surface area contributed by atoms with Crippen LogP contribution in [0.4, 0.5) is 0 Å². The Morgan fingerprint density at radius 1 is 0.561 bits per heavy atom. The summed E-state index contributed by atoms with van der Waals surface area (Å²) in [4.78, 5) is 0. The van der Waals surface area contributed by atoms with Crippen molar-refractivity contribution < 1.29 is 0 Å². The van der Waals surface area contributed by atoms with Gasteiger partial charge in [-0.3, -0.25) is 8.97 Å². The van der Waals surface area contributed by atoms with E-state index in [2.05, 4.69) is 144 Å². The zero-order valence-electron chi connectivity index (χ0n) is 23.2. The third-order valence-corrected chi connectivity index (χ3v) is 9.93. The fourth-order valence-electron chi connectivity index (χ4n) is 8.30. The summed E-state index contributed by atoms with van der Waals surface area (Å²) in [5.41, 5.74) is 12.9. The summed E-state index contributed by atoms with van der Waals surface area (Å²) in [6.07, 6.45) is 0. The quantitative estimate of drug-likeness (QED) is 0.203. The lowest BCUT2D eigenvalue weighted by molar-refractivity contribution is 0.631. The van der Waals surface area contributed by atoms with Gasteiger partial charge in [0.15, 0.2) is 0 Å². The zero-order valence-corrected chi connectivity index (χ0v) is 23.2. The standard InChI is InChI=1S/C38H27N3/c1-38(2)27-17-9-7-14-23(27)31-25-16-11-19-29-33(25)34-30(39(29)3)21-20-26-32-24-15-8-10-18-28(24)40(22-12-5-4-6-13-22)37(32)41(35(26)34)36(31)38/h4-21H,1-3H3. The molecular formula is C38H27N3. The number of hydrogen-bond donors (Lipinski definition) is 0. The molecule has 1 aliphatic carbocycles. The molecule has 0 N–H and O–H groups in total. The topological polar surface area (TPSA) is 14.3 Å². The second-order valence-electron chi connectivity index (χ2n) is 12.2. The molecule has 41 heavy (non-hydrogen) atoms. The van der Waals surface area contributed by atoms with E-state index in [0.29, 0.717) is 0 Å². The number of aromatic nitrogens is 3. The molecule has 9 aromatic rings. The zero-order chi connectivity index (χ0) is 27.2. The summed E-state index contributed by atoms with van der Waals surface area (Å²) < 4.78 is 7.54. The summed E-state index contributed by atoms with van der Waals surface area (Å²) in [5.74, 6) is 0. The van der Waals surface area contributed by atoms with Crippen molar-refractivity contribution >= 4 is 60.0 Å². The lowest BCUT2D eigenvalue weighted by atomic mass is 9.85. The van der Waals surface area contributed by atoms with Crippen molar-refractivity contribution in [1.82, 2.24) is 13.5 Å². The normalized spacial score (nSPS) is 14.4. The van der Waals surface area contributed by atoms with E-state index in [9.17, 15) is 0 Å². The Morgan fingerprint density at radius 3 is 2.15 bits per heavy atom. The third-order valence-electron chi connectivity index (χ3n) is 9.93. The maximum absolute atomic E-state index is 2.66. The molecule has 5 aromatic carbocycles. The minimum absolute atomic E-state index is 0.196. The largest absolute Gasteiger partial charge is 0.344 e. The summed E-state index contributed by atoms with van der Waals surface area (Å²) in [5, 5.41) is 8.01. The molecule has 3 heteroatoms. The molecule has 1 aliphatic rings. The van der Waals surface area contributed by atoms with Crippen LogP contribution < -0.4 is 0 Å². The van der Waals surface area contributed by atoms with Crippen LogP contribution in [0.3, 0.4) is 0 Å². The minimum Gasteiger partial charge on any atom is -0.344 e. The first-order valence-corrected chi connectivity index (χ1v) is 14.5. The summed E-state index contributed by atoms with van der Waals surface area (Å²) >= 11 is 0. The van der Waals surface area contributed by atoms with E-state index in [1.165, 1.54) is 88.1 Å². The second kappa shape index (κ2) is 7.00. The number of nitrogens with zero attached hydrogens (tertiary/aromatic N) is 3. The lowest BCUT2D eigenvalue weighted by Crippen LogP contribution is -2.19. The predicted octanol–water partition coefficient (Wildman–Crippen LogP) is 9.58. The molecule has 0 unspecified atom stereocenters. The molecule has 0 saturated heterocycles. The Morgan fingerprint density at radius 2 is 1.27 bits per heavy atom. The van der Waals surface area contributed by atoms with Gasteiger partial charge in [-0.05, 0) is 52.9 Å². The van der Waals surface area contributed by atoms with Crippen molar-refractivity contribution in [2.75, 3.05) is 0 Å². The molecule has 0 spiro atoms. The van der Waals surface area contributed by atoms with Crippen molar-refractivity contribution in [3.8, 4) is 16.8 Å². The second-order valence-corrected chi connectivity index (χ2v) is 12.2. The van der Waals surface area contributed by atoms with Crippen LogP contribution >= 0.6 is 0 Å². The van der Waals surface area contributed by atoms with Crippen LogP contribution in [-0.4, -0.2) is 13.5 Å². The van der Waals surface area contributed by atoms with E-state index in [-0.39, 0.29) is 5.41 Å². The highest BCUT2D eigenvalue weighted by Gasteiger charge is 2.40. The molecule has 0 saturated carbocycles. The van der Waals surface area contributed by atoms with Crippen molar-refractivity contribution in [3.05, 3.63) is 120 Å². The van der Waals surface area contributed by atoms with E-state index in [4.69, 9.17) is 0 Å². The van der Waals surface area contributed by atoms with Crippen LogP contribution in [0.2, 0.25) is 0 Å². The fraction of sp³-hybridized carbons (Fsp3) is 0.105. The van der Waals surface area contributed by atoms with Gasteiger partial charge in [-0.15, -0.1) is 0 Å². The van der Waals surface area contributed by atoms with E-state index in [0.717, 1.165) is 0 Å². The Bertz CT molecular complexity index is 2550. The molecule has 4 aromatic heterocycles. The number of aryl methyl sites for hydroxylation is 1. The van der Waals surface area contributed by atoms with E-state index in [1.54, 1.807) is 0 Å². The van der Waals surface area contributed by atoms with Crippen LogP contribution in [0.1, 0.15) is 25.1 Å². The third kappa shape index (κ3) is 2.32. The van der Waals surface area contributed by atoms with Gasteiger partial charge >= 0.3 is 0 Å². The smallest absolute Gasteiger partial charge is 0.131 e. The maximum Gasteiger partial charge on any atom is 0.131 e. The SMILES string of the molecule is Cn1c2cccc3c4c(n5c6c(ccc1c6c32)c1c2ccccc2n(-c2ccccc2)c15)C(C)(C)c1ccccc1-4. The molecular weight excluding hydrogens is 498 g/mol. The van der Waals surface area contributed by atoms with E-state index in [1.807, 2.05) is 0 Å². The minimum atomic E-state index is -0.196. The molecule has 0 aliphatic heterocycles. The van der Waals surface area contributed by atoms with Crippen LogP contribution in [0.25, 0.3) is 76.8 Å². The number of hydrogen-bond acceptors (Lipinski definition) is 0. The molecule has 0 amide bonds. The van der Waals surface area contributed by atoms with Crippen molar-refractivity contribution in [1.29, 1.82) is 0 Å². The highest BCUT2D eigenvalue weighted by molar-refractivity contribution is 6.33. The first-order valence-electron chi connectivity index (χ1n) is 14.5. The molecule has 10 rings (SSSR count). The van der Waals surface area contributed by atoms with Gasteiger partial charge < -0.3 is 4.57 Å². The van der Waals surface area contributed by atoms with Crippen LogP contribution in [0.15, 0.2) is 109 Å². The molecule has 0 fully saturated rings. The molecule has 0 radical (unpaired) electrons. The van der Waals surface area contributed by atoms with Gasteiger partial charge in [-0.1, -0.05) is 86.6 Å². The van der Waals surface area contributed by atoms with Crippen molar-refractivity contribution in [2.45, 2.75) is 19.3 Å². The predicted molar refractivity (Wildman–Crippen MR) is 172 cm³/mol. The number of fused-ring (bicyclic) bond motifs is 10. The number of rotatable bonds is 1. The fourth-order valence-corrected chi connectivity index (χ4v) is 8.30. The Balaban J connectivity index is 1.64. The molecule has 194 valence electrons. The average molecular weight is 526 g/mol. The van der Waals surface area contributed by atoms with Crippen LogP contribution in [-0.2, 0) is 12.5 Å². The van der Waals surface area contributed by atoms with Crippen LogP contribution in [0.5, 0.6) is 0 Å². The first-order chi connectivity index (χ1) is 20.1. The Kier molecular flexibility index (Phi) is 3.71. The van der Waals surface area contributed by atoms with Gasteiger partial charge in [-0.2, -0.15) is 0 Å². The summed E-state index contributed by atoms with van der Waals surface area (Å²) in [6.45, 7) is 4.83. The average Bonchev–Trinajstić information content (AvgIpc) is 3.64. The van der Waals surface area contributed by atoms with Gasteiger partial charge in [0.2, 0.25) is 0 Å². The van der Waals surface area contributed by atoms with Gasteiger partial charge in [0, 0.05) is 61.9 Å². The Hall–Kier alpha value is -5.02. The van der Waals surface area contributed by atoms with E-state index >= 15 is 0 Å². The van der Waals surface area contributed by atoms with Crippen molar-refractivity contribution in [3.63, 3.8) is 0 Å². The highest BCUT2D eigenvalue weighted by atomic mass is 15.1. The van der Waals surface area contributed by atoms with Crippen molar-refractivity contribution in [2.24, 2.45) is 7.05 Å². The van der Waals surface area contributed by atoms with Crippen LogP contribution in [0, 0.1) is 0 Å². The molecule has 0 bridgehead atoms. The first kappa shape index (κ1) is 21.8. The van der Waals surface area contributed by atoms with Gasteiger partial charge in [-0.25, -0.2) is 0 Å². The molecule has 3 nitrogen and oxygen atoms in total. The lowest BCUT2D eigenvalue weighted by Gasteiger charge is -2.23. The van der Waals surface area contributed by atoms with Gasteiger partial charge in [0.05, 0.1) is 16.6 Å². The Labute approximate surface area is 236 Å². The number of benzene rings is 5.